The summed E-state index contributed by atoms with van der Waals surface area (Å²) in [6, 6.07) is 4.09. The second kappa shape index (κ2) is 10.2. The summed E-state index contributed by atoms with van der Waals surface area (Å²) in [4.78, 5) is 51.4. The molecule has 3 heterocycles. The van der Waals surface area contributed by atoms with Gasteiger partial charge in [-0.25, -0.2) is 18.4 Å². The summed E-state index contributed by atoms with van der Waals surface area (Å²) in [6.45, 7) is 2.81. The third-order valence-electron chi connectivity index (χ3n) is 5.30. The van der Waals surface area contributed by atoms with Crippen molar-refractivity contribution in [2.45, 2.75) is 33.4 Å². The van der Waals surface area contributed by atoms with Gasteiger partial charge in [-0.2, -0.15) is 5.10 Å². The van der Waals surface area contributed by atoms with Gasteiger partial charge in [0.15, 0.2) is 5.52 Å². The largest absolute Gasteiger partial charge is 0.466 e. The fraction of sp³-hybridized carbons (Fsp3) is 0.318. The Labute approximate surface area is 206 Å². The van der Waals surface area contributed by atoms with Crippen LogP contribution in [0.4, 0.5) is 4.39 Å². The molecule has 0 aliphatic carbocycles. The topological polar surface area (TPSA) is 140 Å². The summed E-state index contributed by atoms with van der Waals surface area (Å²) in [5.41, 5.74) is -2.30. The molecule has 0 N–H and O–H groups in total. The van der Waals surface area contributed by atoms with Crippen molar-refractivity contribution in [3.8, 4) is 0 Å². The highest BCUT2D eigenvalue weighted by atomic mass is 35.5. The van der Waals surface area contributed by atoms with Gasteiger partial charge in [0, 0.05) is 17.1 Å². The predicted molar refractivity (Wildman–Crippen MR) is 125 cm³/mol. The number of fused-ring (bicyclic) bond motifs is 3. The van der Waals surface area contributed by atoms with Crippen molar-refractivity contribution in [2.24, 2.45) is 0 Å². The Kier molecular flexibility index (Phi) is 7.10. The number of hydrogen-bond acceptors (Lipinski definition) is 9. The Morgan fingerprint density at radius 3 is 2.53 bits per heavy atom. The lowest BCUT2D eigenvalue weighted by Gasteiger charge is -2.13. The maximum Gasteiger partial charge on any atom is 0.361 e. The third kappa shape index (κ3) is 4.44. The lowest BCUT2D eigenvalue weighted by molar-refractivity contribution is -0.143. The van der Waals surface area contributed by atoms with Crippen LogP contribution in [0.15, 0.2) is 34.0 Å². The molecule has 0 spiro atoms. The SMILES string of the molecule is CCOC(=O)CCn1c(=O)c2c(C(=O)OCC)nnn2c2cnn(Cc3c(F)cccc3Cl)c(=O)c21. The maximum atomic E-state index is 14.4. The van der Waals surface area contributed by atoms with Crippen LogP contribution in [0, 0.1) is 5.82 Å². The zero-order valence-corrected chi connectivity index (χ0v) is 20.0. The van der Waals surface area contributed by atoms with Gasteiger partial charge in [0.1, 0.15) is 16.9 Å². The zero-order valence-electron chi connectivity index (χ0n) is 19.2. The number of aromatic nitrogens is 6. The van der Waals surface area contributed by atoms with E-state index in [0.717, 1.165) is 13.8 Å². The van der Waals surface area contributed by atoms with E-state index >= 15 is 0 Å². The Morgan fingerprint density at radius 1 is 1.08 bits per heavy atom. The van der Waals surface area contributed by atoms with Crippen molar-refractivity contribution in [3.63, 3.8) is 0 Å². The van der Waals surface area contributed by atoms with E-state index in [-0.39, 0.29) is 65.6 Å². The first-order valence-corrected chi connectivity index (χ1v) is 11.3. The van der Waals surface area contributed by atoms with Crippen LogP contribution in [-0.2, 0) is 27.4 Å². The first-order valence-electron chi connectivity index (χ1n) is 10.9. The molecule has 0 saturated carbocycles. The standard InChI is InChI=1S/C22H20ClFN6O6/c1-3-35-16(31)8-9-28-18-15(30-19(20(28)32)17(26-27-30)22(34)36-4-2)10-25-29(21(18)33)11-12-13(23)6-5-7-14(12)24/h5-7,10H,3-4,8-9,11H2,1-2H3. The second-order valence-electron chi connectivity index (χ2n) is 7.47. The molecule has 3 aromatic heterocycles. The van der Waals surface area contributed by atoms with Crippen molar-refractivity contribution in [2.75, 3.05) is 13.2 Å². The molecule has 0 amide bonds. The van der Waals surface area contributed by atoms with Crippen molar-refractivity contribution in [1.29, 1.82) is 0 Å². The minimum absolute atomic E-state index is 0.0277. The van der Waals surface area contributed by atoms with E-state index in [9.17, 15) is 23.6 Å². The van der Waals surface area contributed by atoms with E-state index in [1.54, 1.807) is 13.8 Å². The lowest BCUT2D eigenvalue weighted by atomic mass is 10.2. The minimum Gasteiger partial charge on any atom is -0.466 e. The van der Waals surface area contributed by atoms with Crippen molar-refractivity contribution < 1.29 is 23.5 Å². The van der Waals surface area contributed by atoms with Crippen LogP contribution >= 0.6 is 11.6 Å². The molecule has 4 rings (SSSR count). The van der Waals surface area contributed by atoms with Crippen LogP contribution in [0.2, 0.25) is 5.02 Å². The first kappa shape index (κ1) is 25.0. The quantitative estimate of drug-likeness (QED) is 0.318. The molecule has 1 aromatic carbocycles. The minimum atomic E-state index is -0.878. The van der Waals surface area contributed by atoms with Gasteiger partial charge in [-0.15, -0.1) is 5.10 Å². The molecular formula is C22H20ClFN6O6. The predicted octanol–water partition coefficient (Wildman–Crippen LogP) is 1.57. The van der Waals surface area contributed by atoms with Gasteiger partial charge in [-0.3, -0.25) is 19.0 Å². The Bertz CT molecular complexity index is 1590. The zero-order chi connectivity index (χ0) is 26.0. The number of aryl methyl sites for hydroxylation is 1. The van der Waals surface area contributed by atoms with Gasteiger partial charge in [0.05, 0.1) is 32.4 Å². The van der Waals surface area contributed by atoms with E-state index in [0.29, 0.717) is 0 Å². The molecule has 0 atom stereocenters. The van der Waals surface area contributed by atoms with Crippen LogP contribution in [0.3, 0.4) is 0 Å². The molecule has 14 heteroatoms. The average Bonchev–Trinajstić information content (AvgIpc) is 3.29. The molecule has 0 aliphatic heterocycles. The van der Waals surface area contributed by atoms with Crippen LogP contribution < -0.4 is 11.1 Å². The summed E-state index contributed by atoms with van der Waals surface area (Å²) in [6.07, 6.45) is 0.985. The highest BCUT2D eigenvalue weighted by Gasteiger charge is 2.25. The van der Waals surface area contributed by atoms with Gasteiger partial charge in [0.25, 0.3) is 11.1 Å². The number of ether oxygens (including phenoxy) is 2. The van der Waals surface area contributed by atoms with Crippen molar-refractivity contribution >= 4 is 40.1 Å². The van der Waals surface area contributed by atoms with E-state index in [4.69, 9.17) is 21.1 Å². The van der Waals surface area contributed by atoms with E-state index in [1.165, 1.54) is 24.4 Å². The highest BCUT2D eigenvalue weighted by Crippen LogP contribution is 2.20. The molecule has 188 valence electrons. The average molecular weight is 519 g/mol. The summed E-state index contributed by atoms with van der Waals surface area (Å²) < 4.78 is 27.2. The number of benzene rings is 1. The molecule has 0 unspecified atom stereocenters. The molecule has 36 heavy (non-hydrogen) atoms. The van der Waals surface area contributed by atoms with Crippen molar-refractivity contribution in [3.05, 3.63) is 67.2 Å². The Hall–Kier alpha value is -4.13. The number of nitrogens with zero attached hydrogens (tertiary/aromatic N) is 6. The smallest absolute Gasteiger partial charge is 0.361 e. The number of carbonyl (C=O) groups excluding carboxylic acids is 2. The van der Waals surface area contributed by atoms with E-state index in [1.807, 2.05) is 0 Å². The van der Waals surface area contributed by atoms with Gasteiger partial charge in [-0.05, 0) is 26.0 Å². The fourth-order valence-electron chi connectivity index (χ4n) is 3.68. The van der Waals surface area contributed by atoms with Gasteiger partial charge < -0.3 is 9.47 Å². The first-order chi connectivity index (χ1) is 17.3. The summed E-state index contributed by atoms with van der Waals surface area (Å²) >= 11 is 6.10. The maximum absolute atomic E-state index is 14.4. The number of hydrogen-bond donors (Lipinski definition) is 0. The van der Waals surface area contributed by atoms with Crippen molar-refractivity contribution in [1.82, 2.24) is 29.2 Å². The van der Waals surface area contributed by atoms with E-state index in [2.05, 4.69) is 15.4 Å². The molecule has 0 fully saturated rings. The third-order valence-corrected chi connectivity index (χ3v) is 5.65. The van der Waals surface area contributed by atoms with Crippen LogP contribution in [0.25, 0.3) is 16.6 Å². The monoisotopic (exact) mass is 518 g/mol. The molecule has 0 saturated heterocycles. The Balaban J connectivity index is 1.97. The van der Waals surface area contributed by atoms with Crippen LogP contribution in [0.5, 0.6) is 0 Å². The van der Waals surface area contributed by atoms with Gasteiger partial charge in [-0.1, -0.05) is 22.9 Å². The van der Waals surface area contributed by atoms with Gasteiger partial charge in [0.2, 0.25) is 5.69 Å². The second-order valence-corrected chi connectivity index (χ2v) is 7.88. The highest BCUT2D eigenvalue weighted by molar-refractivity contribution is 6.31. The fourth-order valence-corrected chi connectivity index (χ4v) is 3.91. The summed E-state index contributed by atoms with van der Waals surface area (Å²) in [5, 5.41) is 11.8. The number of esters is 2. The number of halogens is 2. The van der Waals surface area contributed by atoms with Crippen LogP contribution in [-0.4, -0.2) is 54.3 Å². The molecule has 0 radical (unpaired) electrons. The summed E-state index contributed by atoms with van der Waals surface area (Å²) in [5.74, 6) is -2.11. The normalized spacial score (nSPS) is 11.2. The van der Waals surface area contributed by atoms with E-state index < -0.39 is 28.9 Å². The molecule has 4 aromatic rings. The molecule has 0 aliphatic rings. The molecule has 0 bridgehead atoms. The van der Waals surface area contributed by atoms with Crippen LogP contribution in [0.1, 0.15) is 36.3 Å². The molecule has 12 nitrogen and oxygen atoms in total. The Morgan fingerprint density at radius 2 is 1.83 bits per heavy atom. The lowest BCUT2D eigenvalue weighted by Crippen LogP contribution is -2.33. The van der Waals surface area contributed by atoms with Gasteiger partial charge >= 0.3 is 11.9 Å². The molecular weight excluding hydrogens is 499 g/mol. The number of rotatable bonds is 8. The summed E-state index contributed by atoms with van der Waals surface area (Å²) in [7, 11) is 0. The number of carbonyl (C=O) groups is 2.